The van der Waals surface area contributed by atoms with Crippen LogP contribution in [0.5, 0.6) is 11.5 Å². The minimum absolute atomic E-state index is 0.201. The molecule has 3 aromatic rings. The zero-order chi connectivity index (χ0) is 19.4. The summed E-state index contributed by atoms with van der Waals surface area (Å²) in [5, 5.41) is 11.2. The Bertz CT molecular complexity index is 994. The third-order valence-corrected chi connectivity index (χ3v) is 3.98. The summed E-state index contributed by atoms with van der Waals surface area (Å²) >= 11 is 0. The zero-order valence-electron chi connectivity index (χ0n) is 14.7. The van der Waals surface area contributed by atoms with Crippen LogP contribution in [0.3, 0.4) is 0 Å². The number of hydrogen-bond acceptors (Lipinski definition) is 6. The van der Waals surface area contributed by atoms with E-state index >= 15 is 0 Å². The van der Waals surface area contributed by atoms with Crippen LogP contribution in [-0.4, -0.2) is 29.1 Å². The Morgan fingerprint density at radius 1 is 1.11 bits per heavy atom. The molecule has 0 aliphatic carbocycles. The Kier molecular flexibility index (Phi) is 5.25. The Morgan fingerprint density at radius 3 is 2.59 bits per heavy atom. The van der Waals surface area contributed by atoms with Gasteiger partial charge >= 0.3 is 5.69 Å². The number of benzene rings is 2. The highest BCUT2D eigenvalue weighted by atomic mass is 19.1. The van der Waals surface area contributed by atoms with Crippen LogP contribution in [0, 0.1) is 15.9 Å². The van der Waals surface area contributed by atoms with Crippen molar-refractivity contribution in [3.8, 4) is 22.8 Å². The van der Waals surface area contributed by atoms with Gasteiger partial charge in [0.25, 0.3) is 0 Å². The van der Waals surface area contributed by atoms with Crippen LogP contribution in [-0.2, 0) is 6.42 Å². The van der Waals surface area contributed by atoms with Gasteiger partial charge in [-0.2, -0.15) is 0 Å². The number of nitrogens with zero attached hydrogens (tertiary/aromatic N) is 3. The van der Waals surface area contributed by atoms with E-state index in [0.717, 1.165) is 5.56 Å². The topological polar surface area (TPSA) is 87.4 Å². The minimum atomic E-state index is -0.791. The van der Waals surface area contributed by atoms with E-state index in [2.05, 4.69) is 9.97 Å². The second-order valence-corrected chi connectivity index (χ2v) is 5.66. The fraction of sp³-hybridized carbons (Fsp3) is 0.158. The maximum Gasteiger partial charge on any atom is 0.314 e. The molecule has 1 aromatic heterocycles. The van der Waals surface area contributed by atoms with Crippen LogP contribution in [0.25, 0.3) is 11.3 Å². The molecule has 138 valence electrons. The average Bonchev–Trinajstić information content (AvgIpc) is 2.67. The first kappa shape index (κ1) is 18.2. The van der Waals surface area contributed by atoms with Crippen molar-refractivity contribution in [2.75, 3.05) is 14.2 Å². The molecule has 3 rings (SSSR count). The molecule has 0 saturated carbocycles. The van der Waals surface area contributed by atoms with Crippen molar-refractivity contribution in [1.29, 1.82) is 0 Å². The van der Waals surface area contributed by atoms with Crippen molar-refractivity contribution in [2.45, 2.75) is 6.42 Å². The molecule has 0 fully saturated rings. The largest absolute Gasteiger partial charge is 0.496 e. The van der Waals surface area contributed by atoms with Gasteiger partial charge in [0.05, 0.1) is 24.8 Å². The standard InChI is InChI=1S/C19H16FN3O4/c1-26-18-6-4-3-5-14(18)16-10-13(21-11-22-16)7-12-8-15(20)19(27-2)17(9-12)23(24)25/h3-6,8-11H,7H2,1-2H3. The molecule has 8 heteroatoms. The number of nitro groups is 1. The molecule has 0 unspecified atom stereocenters. The smallest absolute Gasteiger partial charge is 0.314 e. The van der Waals surface area contributed by atoms with Crippen molar-refractivity contribution >= 4 is 5.69 Å². The first-order valence-electron chi connectivity index (χ1n) is 7.98. The molecule has 0 spiro atoms. The van der Waals surface area contributed by atoms with Crippen LogP contribution in [0.15, 0.2) is 48.8 Å². The molecule has 0 bridgehead atoms. The monoisotopic (exact) mass is 369 g/mol. The molecule has 0 N–H and O–H groups in total. The summed E-state index contributed by atoms with van der Waals surface area (Å²) in [5.74, 6) is -0.518. The van der Waals surface area contributed by atoms with E-state index in [1.54, 1.807) is 13.2 Å². The summed E-state index contributed by atoms with van der Waals surface area (Å²) in [7, 11) is 2.76. The third kappa shape index (κ3) is 3.84. The van der Waals surface area contributed by atoms with Gasteiger partial charge in [-0.25, -0.2) is 14.4 Å². The first-order valence-corrected chi connectivity index (χ1v) is 7.98. The summed E-state index contributed by atoms with van der Waals surface area (Å²) in [6.45, 7) is 0. The Hall–Kier alpha value is -3.55. The number of methoxy groups -OCH3 is 2. The predicted molar refractivity (Wildman–Crippen MR) is 96.4 cm³/mol. The number of hydrogen-bond donors (Lipinski definition) is 0. The van der Waals surface area contributed by atoms with E-state index in [-0.39, 0.29) is 12.2 Å². The van der Waals surface area contributed by atoms with E-state index in [9.17, 15) is 14.5 Å². The molecule has 0 saturated heterocycles. The van der Waals surface area contributed by atoms with Crippen LogP contribution in [0.2, 0.25) is 0 Å². The number of halogens is 1. The van der Waals surface area contributed by atoms with E-state index in [4.69, 9.17) is 9.47 Å². The van der Waals surface area contributed by atoms with Gasteiger partial charge in [-0.15, -0.1) is 0 Å². The van der Waals surface area contributed by atoms with Crippen molar-refractivity contribution in [3.63, 3.8) is 0 Å². The maximum atomic E-state index is 14.1. The van der Waals surface area contributed by atoms with Crippen LogP contribution >= 0.6 is 0 Å². The van der Waals surface area contributed by atoms with Crippen LogP contribution in [0.4, 0.5) is 10.1 Å². The van der Waals surface area contributed by atoms with E-state index in [0.29, 0.717) is 22.7 Å². The van der Waals surface area contributed by atoms with Crippen LogP contribution < -0.4 is 9.47 Å². The Balaban J connectivity index is 1.97. The molecule has 0 aliphatic rings. The summed E-state index contributed by atoms with van der Waals surface area (Å²) in [4.78, 5) is 18.9. The molecule has 1 heterocycles. The molecule has 27 heavy (non-hydrogen) atoms. The minimum Gasteiger partial charge on any atom is -0.496 e. The lowest BCUT2D eigenvalue weighted by Gasteiger charge is -2.09. The zero-order valence-corrected chi connectivity index (χ0v) is 14.7. The lowest BCUT2D eigenvalue weighted by molar-refractivity contribution is -0.386. The highest BCUT2D eigenvalue weighted by Crippen LogP contribution is 2.32. The fourth-order valence-corrected chi connectivity index (χ4v) is 2.78. The lowest BCUT2D eigenvalue weighted by Crippen LogP contribution is -2.01. The highest BCUT2D eigenvalue weighted by Gasteiger charge is 2.21. The average molecular weight is 369 g/mol. The van der Waals surface area contributed by atoms with E-state index in [1.807, 2.05) is 24.3 Å². The highest BCUT2D eigenvalue weighted by molar-refractivity contribution is 5.67. The summed E-state index contributed by atoms with van der Waals surface area (Å²) < 4.78 is 24.3. The molecule has 7 nitrogen and oxygen atoms in total. The van der Waals surface area contributed by atoms with Gasteiger partial charge in [0.2, 0.25) is 5.75 Å². The molecule has 0 amide bonds. The normalized spacial score (nSPS) is 10.5. The van der Waals surface area contributed by atoms with E-state index < -0.39 is 16.4 Å². The van der Waals surface area contributed by atoms with Crippen LogP contribution in [0.1, 0.15) is 11.3 Å². The quantitative estimate of drug-likeness (QED) is 0.485. The van der Waals surface area contributed by atoms with Gasteiger partial charge in [-0.05, 0) is 29.8 Å². The molecule has 0 atom stereocenters. The van der Waals surface area contributed by atoms with Crippen molar-refractivity contribution in [1.82, 2.24) is 9.97 Å². The van der Waals surface area contributed by atoms with Gasteiger partial charge in [0.15, 0.2) is 5.82 Å². The molecular formula is C19H16FN3O4. The molecule has 0 aliphatic heterocycles. The Morgan fingerprint density at radius 2 is 1.89 bits per heavy atom. The van der Waals surface area contributed by atoms with Gasteiger partial charge in [-0.1, -0.05) is 12.1 Å². The molecule has 2 aromatic carbocycles. The van der Waals surface area contributed by atoms with Gasteiger partial charge in [0.1, 0.15) is 12.1 Å². The van der Waals surface area contributed by atoms with Crippen molar-refractivity contribution in [2.24, 2.45) is 0 Å². The second-order valence-electron chi connectivity index (χ2n) is 5.66. The SMILES string of the molecule is COc1ccccc1-c1cc(Cc2cc(F)c(OC)c([N+](=O)[O-])c2)ncn1. The predicted octanol–water partition coefficient (Wildman–Crippen LogP) is 3.80. The molecular weight excluding hydrogens is 353 g/mol. The number of ether oxygens (including phenoxy) is 2. The summed E-state index contributed by atoms with van der Waals surface area (Å²) in [6.07, 6.45) is 1.60. The third-order valence-electron chi connectivity index (χ3n) is 3.98. The second kappa shape index (κ2) is 7.77. The first-order chi connectivity index (χ1) is 13.0. The van der Waals surface area contributed by atoms with Gasteiger partial charge < -0.3 is 9.47 Å². The Labute approximate surface area is 154 Å². The number of nitro benzene ring substituents is 1. The van der Waals surface area contributed by atoms with Crippen molar-refractivity contribution < 1.29 is 18.8 Å². The van der Waals surface area contributed by atoms with E-state index in [1.165, 1.54) is 25.6 Å². The number of aromatic nitrogens is 2. The maximum absolute atomic E-state index is 14.1. The lowest BCUT2D eigenvalue weighted by atomic mass is 10.1. The molecule has 0 radical (unpaired) electrons. The fourth-order valence-electron chi connectivity index (χ4n) is 2.78. The van der Waals surface area contributed by atoms with Gasteiger partial charge in [-0.3, -0.25) is 10.1 Å². The van der Waals surface area contributed by atoms with Gasteiger partial charge in [0, 0.05) is 23.7 Å². The number of rotatable bonds is 6. The summed E-state index contributed by atoms with van der Waals surface area (Å²) in [5.41, 5.74) is 2.00. The van der Waals surface area contributed by atoms with Crippen molar-refractivity contribution in [3.05, 3.63) is 76.0 Å². The summed E-state index contributed by atoms with van der Waals surface area (Å²) in [6, 6.07) is 11.6. The number of para-hydroxylation sites is 1.